The molecule has 1 atom stereocenters. The van der Waals surface area contributed by atoms with E-state index in [2.05, 4.69) is 22.4 Å². The van der Waals surface area contributed by atoms with Crippen molar-refractivity contribution in [3.05, 3.63) is 51.3 Å². The van der Waals surface area contributed by atoms with Crippen LogP contribution in [0.1, 0.15) is 29.5 Å². The van der Waals surface area contributed by atoms with Crippen LogP contribution in [0.15, 0.2) is 35.3 Å². The van der Waals surface area contributed by atoms with E-state index in [9.17, 15) is 4.79 Å². The summed E-state index contributed by atoms with van der Waals surface area (Å²) in [5.41, 5.74) is 2.41. The van der Waals surface area contributed by atoms with Crippen molar-refractivity contribution in [2.24, 2.45) is 4.99 Å². The van der Waals surface area contributed by atoms with E-state index in [-0.39, 0.29) is 12.1 Å². The number of carbonyl (C=O) groups is 1. The van der Waals surface area contributed by atoms with E-state index in [0.717, 1.165) is 23.3 Å². The number of ether oxygens (including phenoxy) is 1. The van der Waals surface area contributed by atoms with Crippen LogP contribution in [0.4, 0.5) is 4.79 Å². The molecule has 25 heavy (non-hydrogen) atoms. The highest BCUT2D eigenvalue weighted by Gasteiger charge is 2.10. The number of hydrogen-bond acceptors (Lipinski definition) is 3. The summed E-state index contributed by atoms with van der Waals surface area (Å²) in [5, 5.41) is 2.97. The number of nitrogens with one attached hydrogen (secondary N) is 1. The first kappa shape index (κ1) is 19.4. The van der Waals surface area contributed by atoms with Crippen molar-refractivity contribution in [1.82, 2.24) is 9.88 Å². The van der Waals surface area contributed by atoms with Gasteiger partial charge in [-0.2, -0.15) is 4.99 Å². The molecule has 0 saturated heterocycles. The van der Waals surface area contributed by atoms with E-state index in [1.807, 2.05) is 43.5 Å². The molecular formula is C19H27N3O2S. The summed E-state index contributed by atoms with van der Waals surface area (Å²) in [5.74, 6) is 0. The maximum Gasteiger partial charge on any atom is 0.343 e. The Kier molecular flexibility index (Phi) is 7.40. The maximum absolute atomic E-state index is 12.3. The Bertz CT molecular complexity index is 750. The van der Waals surface area contributed by atoms with Gasteiger partial charge in [-0.15, -0.1) is 11.3 Å². The molecule has 0 radical (unpaired) electrons. The molecule has 0 bridgehead atoms. The Morgan fingerprint density at radius 3 is 2.72 bits per heavy atom. The zero-order valence-corrected chi connectivity index (χ0v) is 16.2. The summed E-state index contributed by atoms with van der Waals surface area (Å²) in [7, 11) is 1.67. The van der Waals surface area contributed by atoms with Crippen molar-refractivity contribution < 1.29 is 9.53 Å². The fraction of sp³-hybridized carbons (Fsp3) is 0.474. The second kappa shape index (κ2) is 9.53. The fourth-order valence-corrected chi connectivity index (χ4v) is 3.56. The normalized spacial score (nSPS) is 13.0. The predicted molar refractivity (Wildman–Crippen MR) is 102 cm³/mol. The van der Waals surface area contributed by atoms with Gasteiger partial charge in [0.25, 0.3) is 0 Å². The summed E-state index contributed by atoms with van der Waals surface area (Å²) >= 11 is 1.54. The van der Waals surface area contributed by atoms with Crippen molar-refractivity contribution in [3.63, 3.8) is 0 Å². The summed E-state index contributed by atoms with van der Waals surface area (Å²) in [6.07, 6.45) is 1.82. The minimum atomic E-state index is -0.284. The molecule has 0 aliphatic heterocycles. The van der Waals surface area contributed by atoms with E-state index in [0.29, 0.717) is 13.2 Å². The second-order valence-corrected chi connectivity index (χ2v) is 7.34. The van der Waals surface area contributed by atoms with Crippen LogP contribution in [-0.4, -0.2) is 30.4 Å². The average molecular weight is 362 g/mol. The Balaban J connectivity index is 1.98. The van der Waals surface area contributed by atoms with Crippen LogP contribution in [0.5, 0.6) is 0 Å². The topological polar surface area (TPSA) is 55.6 Å². The minimum absolute atomic E-state index is 0.0750. The number of amides is 2. The van der Waals surface area contributed by atoms with Crippen LogP contribution < -0.4 is 10.1 Å². The number of aryl methyl sites for hydroxylation is 2. The zero-order valence-electron chi connectivity index (χ0n) is 15.4. The highest BCUT2D eigenvalue weighted by molar-refractivity contribution is 7.09. The molecule has 0 spiro atoms. The Morgan fingerprint density at radius 2 is 2.04 bits per heavy atom. The molecule has 1 unspecified atom stereocenters. The zero-order chi connectivity index (χ0) is 18.2. The third-order valence-corrected chi connectivity index (χ3v) is 5.28. The van der Waals surface area contributed by atoms with Gasteiger partial charge in [0.05, 0.1) is 6.61 Å². The fourth-order valence-electron chi connectivity index (χ4n) is 2.56. The monoisotopic (exact) mass is 361 g/mol. The van der Waals surface area contributed by atoms with E-state index >= 15 is 0 Å². The van der Waals surface area contributed by atoms with Crippen molar-refractivity contribution >= 4 is 17.4 Å². The first-order valence-corrected chi connectivity index (χ1v) is 9.37. The Labute approximate surface area is 153 Å². The lowest BCUT2D eigenvalue weighted by atomic mass is 10.1. The van der Waals surface area contributed by atoms with Gasteiger partial charge >= 0.3 is 6.03 Å². The van der Waals surface area contributed by atoms with Crippen LogP contribution in [0.2, 0.25) is 0 Å². The average Bonchev–Trinajstić information content (AvgIpc) is 2.85. The highest BCUT2D eigenvalue weighted by Crippen LogP contribution is 2.10. The van der Waals surface area contributed by atoms with Crippen molar-refractivity contribution in [1.29, 1.82) is 0 Å². The van der Waals surface area contributed by atoms with E-state index in [4.69, 9.17) is 4.74 Å². The molecule has 6 heteroatoms. The number of nitrogens with zero attached hydrogens (tertiary/aromatic N) is 2. The molecule has 1 N–H and O–H groups in total. The van der Waals surface area contributed by atoms with Crippen LogP contribution in [-0.2, 0) is 17.7 Å². The summed E-state index contributed by atoms with van der Waals surface area (Å²) in [4.78, 5) is 18.4. The molecule has 1 aromatic carbocycles. The molecule has 5 nitrogen and oxygen atoms in total. The van der Waals surface area contributed by atoms with Gasteiger partial charge in [-0.1, -0.05) is 30.3 Å². The van der Waals surface area contributed by atoms with Gasteiger partial charge in [-0.25, -0.2) is 4.79 Å². The number of benzene rings is 1. The summed E-state index contributed by atoms with van der Waals surface area (Å²) < 4.78 is 7.19. The van der Waals surface area contributed by atoms with Crippen LogP contribution in [0, 0.1) is 13.8 Å². The summed E-state index contributed by atoms with van der Waals surface area (Å²) in [6, 6.07) is 10.1. The van der Waals surface area contributed by atoms with Crippen LogP contribution in [0.3, 0.4) is 0 Å². The Morgan fingerprint density at radius 1 is 1.32 bits per heavy atom. The first-order valence-electron chi connectivity index (χ1n) is 8.56. The minimum Gasteiger partial charge on any atom is -0.383 e. The van der Waals surface area contributed by atoms with Gasteiger partial charge in [0.15, 0.2) is 4.80 Å². The molecule has 0 aliphatic rings. The molecule has 2 rings (SSSR count). The third kappa shape index (κ3) is 5.83. The molecule has 1 heterocycles. The van der Waals surface area contributed by atoms with Crippen molar-refractivity contribution in [3.8, 4) is 0 Å². The van der Waals surface area contributed by atoms with Gasteiger partial charge in [0.1, 0.15) is 0 Å². The SMILES string of the molecule is COCCn1c(C)c(C)s/c1=N\C(=O)NC(C)CCc1ccccc1. The molecule has 2 amide bonds. The van der Waals surface area contributed by atoms with Gasteiger partial charge in [-0.3, -0.25) is 0 Å². The van der Waals surface area contributed by atoms with Crippen molar-refractivity contribution in [2.75, 3.05) is 13.7 Å². The molecule has 2 aromatic rings. The van der Waals surface area contributed by atoms with Gasteiger partial charge in [-0.05, 0) is 39.2 Å². The third-order valence-electron chi connectivity index (χ3n) is 4.18. The number of thiazole rings is 1. The number of urea groups is 1. The second-order valence-electron chi connectivity index (χ2n) is 6.16. The van der Waals surface area contributed by atoms with Crippen molar-refractivity contribution in [2.45, 2.75) is 46.2 Å². The largest absolute Gasteiger partial charge is 0.383 e. The number of methoxy groups -OCH3 is 1. The standard InChI is InChI=1S/C19H27N3O2S/c1-14(10-11-17-8-6-5-7-9-17)20-18(23)21-19-22(12-13-24-4)15(2)16(3)25-19/h5-9,14H,10-13H2,1-4H3,(H,20,23)/b21-19-. The summed E-state index contributed by atoms with van der Waals surface area (Å²) in [6.45, 7) is 7.39. The molecule has 136 valence electrons. The lowest BCUT2D eigenvalue weighted by molar-refractivity contribution is 0.185. The molecule has 0 fully saturated rings. The predicted octanol–water partition coefficient (Wildman–Crippen LogP) is 3.44. The molecule has 0 saturated carbocycles. The lowest BCUT2D eigenvalue weighted by Gasteiger charge is -2.11. The van der Waals surface area contributed by atoms with Gasteiger partial charge in [0.2, 0.25) is 0 Å². The van der Waals surface area contributed by atoms with Crippen LogP contribution >= 0.6 is 11.3 Å². The molecular weight excluding hydrogens is 334 g/mol. The maximum atomic E-state index is 12.3. The Hall–Kier alpha value is -1.92. The number of carbonyl (C=O) groups excluding carboxylic acids is 1. The first-order chi connectivity index (χ1) is 12.0. The van der Waals surface area contributed by atoms with E-state index < -0.39 is 0 Å². The van der Waals surface area contributed by atoms with E-state index in [1.54, 1.807) is 7.11 Å². The number of aromatic nitrogens is 1. The van der Waals surface area contributed by atoms with Gasteiger partial charge < -0.3 is 14.6 Å². The number of hydrogen-bond donors (Lipinski definition) is 1. The quantitative estimate of drug-likeness (QED) is 0.821. The lowest BCUT2D eigenvalue weighted by Crippen LogP contribution is -2.32. The number of rotatable bonds is 7. The van der Waals surface area contributed by atoms with E-state index in [1.165, 1.54) is 21.8 Å². The van der Waals surface area contributed by atoms with Gasteiger partial charge in [0, 0.05) is 30.3 Å². The highest BCUT2D eigenvalue weighted by atomic mass is 32.1. The smallest absolute Gasteiger partial charge is 0.343 e. The van der Waals surface area contributed by atoms with Crippen LogP contribution in [0.25, 0.3) is 0 Å². The molecule has 1 aromatic heterocycles. The molecule has 0 aliphatic carbocycles.